The van der Waals surface area contributed by atoms with Crippen molar-refractivity contribution in [3.05, 3.63) is 22.7 Å². The van der Waals surface area contributed by atoms with Crippen molar-refractivity contribution in [2.45, 2.75) is 11.8 Å². The summed E-state index contributed by atoms with van der Waals surface area (Å²) in [7, 11) is -3.59. The van der Waals surface area contributed by atoms with Gasteiger partial charge in [0.15, 0.2) is 0 Å². The fourth-order valence-corrected chi connectivity index (χ4v) is 2.63. The third-order valence-electron chi connectivity index (χ3n) is 1.79. The van der Waals surface area contributed by atoms with Crippen molar-refractivity contribution in [3.63, 3.8) is 0 Å². The first-order valence-electron chi connectivity index (χ1n) is 4.41. The second-order valence-electron chi connectivity index (χ2n) is 2.93. The number of anilines is 1. The first-order valence-corrected chi connectivity index (χ1v) is 6.69. The number of nitrogens with one attached hydrogen (secondary N) is 1. The summed E-state index contributed by atoms with van der Waals surface area (Å²) in [5.41, 5.74) is 5.81. The Labute approximate surface area is 103 Å². The van der Waals surface area contributed by atoms with Gasteiger partial charge in [0.1, 0.15) is 4.90 Å². The van der Waals surface area contributed by atoms with E-state index in [-0.39, 0.29) is 17.1 Å². The van der Waals surface area contributed by atoms with Crippen molar-refractivity contribution < 1.29 is 8.42 Å². The summed E-state index contributed by atoms with van der Waals surface area (Å²) in [4.78, 5) is 0.0554. The summed E-state index contributed by atoms with van der Waals surface area (Å²) in [6, 6.07) is 4.67. The molecule has 0 fully saturated rings. The molecular weight excluding hydrogens is 292 g/mol. The Bertz CT molecular complexity index is 544. The Balaban J connectivity index is 3.05. The number of nitrogen functional groups attached to an aromatic ring is 1. The van der Waals surface area contributed by atoms with E-state index in [0.717, 1.165) is 0 Å². The van der Waals surface area contributed by atoms with Crippen LogP contribution in [0.1, 0.15) is 6.92 Å². The molecule has 0 radical (unpaired) electrons. The molecule has 0 amide bonds. The summed E-state index contributed by atoms with van der Waals surface area (Å²) in [6.07, 6.45) is 0. The molecule has 1 rings (SSSR count). The normalized spacial score (nSPS) is 10.6. The van der Waals surface area contributed by atoms with Gasteiger partial charge in [-0.25, -0.2) is 8.42 Å². The van der Waals surface area contributed by atoms with Crippen LogP contribution in [0.2, 0.25) is 0 Å². The lowest BCUT2D eigenvalue weighted by Crippen LogP contribution is -2.24. The Morgan fingerprint density at radius 1 is 1.50 bits per heavy atom. The number of nitrogens with two attached hydrogens (primary N) is 1. The molecule has 0 saturated carbocycles. The maximum Gasteiger partial charge on any atom is 0.243 e. The molecule has 3 N–H and O–H groups in total. The maximum atomic E-state index is 11.8. The van der Waals surface area contributed by atoms with Crippen LogP contribution >= 0.6 is 15.9 Å². The van der Waals surface area contributed by atoms with Crippen LogP contribution in [-0.2, 0) is 10.0 Å². The average molecular weight is 303 g/mol. The smallest absolute Gasteiger partial charge is 0.243 e. The van der Waals surface area contributed by atoms with Gasteiger partial charge in [0.25, 0.3) is 0 Å². The molecule has 0 aliphatic heterocycles. The molecule has 0 aromatic heterocycles. The van der Waals surface area contributed by atoms with E-state index in [0.29, 0.717) is 4.47 Å². The number of hydrogen-bond donors (Lipinski definition) is 2. The predicted molar refractivity (Wildman–Crippen MR) is 67.2 cm³/mol. The van der Waals surface area contributed by atoms with Crippen LogP contribution in [0.5, 0.6) is 0 Å². The van der Waals surface area contributed by atoms with Crippen molar-refractivity contribution in [2.24, 2.45) is 0 Å². The van der Waals surface area contributed by atoms with E-state index in [1.54, 1.807) is 13.0 Å². The molecule has 0 aliphatic rings. The minimum Gasteiger partial charge on any atom is -0.398 e. The zero-order valence-corrected chi connectivity index (χ0v) is 11.0. The molecule has 6 heteroatoms. The van der Waals surface area contributed by atoms with Crippen molar-refractivity contribution in [1.29, 1.82) is 0 Å². The third kappa shape index (κ3) is 3.23. The lowest BCUT2D eigenvalue weighted by molar-refractivity contribution is 0.586. The Morgan fingerprint density at radius 3 is 2.81 bits per heavy atom. The van der Waals surface area contributed by atoms with Gasteiger partial charge in [-0.05, 0) is 25.1 Å². The quantitative estimate of drug-likeness (QED) is 0.653. The Kier molecular flexibility index (Phi) is 4.35. The summed E-state index contributed by atoms with van der Waals surface area (Å²) in [6.45, 7) is 1.71. The van der Waals surface area contributed by atoms with E-state index in [1.165, 1.54) is 12.1 Å². The summed E-state index contributed by atoms with van der Waals surface area (Å²) in [5, 5.41) is 0. The molecule has 86 valence electrons. The molecule has 0 aliphatic carbocycles. The van der Waals surface area contributed by atoms with Gasteiger partial charge < -0.3 is 5.73 Å². The number of hydrogen-bond acceptors (Lipinski definition) is 3. The molecule has 4 nitrogen and oxygen atoms in total. The number of halogens is 1. The molecule has 0 atom stereocenters. The number of benzene rings is 1. The molecule has 0 spiro atoms. The minimum absolute atomic E-state index is 0.0554. The second kappa shape index (κ2) is 5.34. The highest BCUT2D eigenvalue weighted by Crippen LogP contribution is 2.22. The first kappa shape index (κ1) is 13.0. The van der Waals surface area contributed by atoms with E-state index >= 15 is 0 Å². The standard InChI is InChI=1S/C10H11BrN2O2S/c1-2-3-6-13-16(14,15)10-7-8(11)4-5-9(10)12/h4-5,7,13H,6,12H2,1H3. The van der Waals surface area contributed by atoms with Gasteiger partial charge in [0, 0.05) is 4.47 Å². The van der Waals surface area contributed by atoms with Crippen LogP contribution in [0.4, 0.5) is 5.69 Å². The lowest BCUT2D eigenvalue weighted by Gasteiger charge is -2.07. The topological polar surface area (TPSA) is 72.2 Å². The summed E-state index contributed by atoms with van der Waals surface area (Å²) in [5.74, 6) is 5.22. The summed E-state index contributed by atoms with van der Waals surface area (Å²) < 4.78 is 26.6. The van der Waals surface area contributed by atoms with E-state index in [1.807, 2.05) is 0 Å². The van der Waals surface area contributed by atoms with Gasteiger partial charge in [-0.15, -0.1) is 5.92 Å². The minimum atomic E-state index is -3.59. The van der Waals surface area contributed by atoms with Crippen molar-refractivity contribution in [3.8, 4) is 11.8 Å². The van der Waals surface area contributed by atoms with Crippen molar-refractivity contribution in [2.75, 3.05) is 12.3 Å². The molecule has 0 unspecified atom stereocenters. The number of rotatable bonds is 3. The Morgan fingerprint density at radius 2 is 2.19 bits per heavy atom. The van der Waals surface area contributed by atoms with E-state index in [4.69, 9.17) is 5.73 Å². The van der Waals surface area contributed by atoms with Gasteiger partial charge in [0.2, 0.25) is 10.0 Å². The van der Waals surface area contributed by atoms with Crippen LogP contribution in [-0.4, -0.2) is 15.0 Å². The Hall–Kier alpha value is -1.03. The van der Waals surface area contributed by atoms with Crippen LogP contribution < -0.4 is 10.5 Å². The van der Waals surface area contributed by atoms with Crippen LogP contribution in [0, 0.1) is 11.8 Å². The van der Waals surface area contributed by atoms with Crippen LogP contribution in [0.25, 0.3) is 0 Å². The second-order valence-corrected chi connectivity index (χ2v) is 5.58. The predicted octanol–water partition coefficient (Wildman–Crippen LogP) is 1.33. The lowest BCUT2D eigenvalue weighted by atomic mass is 10.3. The monoisotopic (exact) mass is 302 g/mol. The molecule has 0 heterocycles. The third-order valence-corrected chi connectivity index (χ3v) is 3.74. The fourth-order valence-electron chi connectivity index (χ4n) is 1.04. The highest BCUT2D eigenvalue weighted by molar-refractivity contribution is 9.10. The van der Waals surface area contributed by atoms with Gasteiger partial charge >= 0.3 is 0 Å². The van der Waals surface area contributed by atoms with Crippen molar-refractivity contribution >= 4 is 31.6 Å². The summed E-state index contributed by atoms with van der Waals surface area (Å²) >= 11 is 3.19. The van der Waals surface area contributed by atoms with Crippen molar-refractivity contribution in [1.82, 2.24) is 4.72 Å². The van der Waals surface area contributed by atoms with Crippen LogP contribution in [0.3, 0.4) is 0 Å². The van der Waals surface area contributed by atoms with Gasteiger partial charge in [-0.2, -0.15) is 4.72 Å². The molecule has 1 aromatic rings. The zero-order chi connectivity index (χ0) is 12.2. The molecular formula is C10H11BrN2O2S. The van der Waals surface area contributed by atoms with E-state index in [9.17, 15) is 8.42 Å². The maximum absolute atomic E-state index is 11.8. The average Bonchev–Trinajstić information content (AvgIpc) is 2.22. The number of sulfonamides is 1. The van der Waals surface area contributed by atoms with E-state index in [2.05, 4.69) is 32.5 Å². The highest BCUT2D eigenvalue weighted by Gasteiger charge is 2.16. The molecule has 0 bridgehead atoms. The molecule has 0 saturated heterocycles. The van der Waals surface area contributed by atoms with Gasteiger partial charge in [-0.3, -0.25) is 0 Å². The first-order chi connectivity index (χ1) is 7.47. The zero-order valence-electron chi connectivity index (χ0n) is 8.62. The SMILES string of the molecule is CC#CCNS(=O)(=O)c1cc(Br)ccc1N. The molecule has 1 aromatic carbocycles. The fraction of sp³-hybridized carbons (Fsp3) is 0.200. The van der Waals surface area contributed by atoms with Crippen LogP contribution in [0.15, 0.2) is 27.6 Å². The highest BCUT2D eigenvalue weighted by atomic mass is 79.9. The molecule has 16 heavy (non-hydrogen) atoms. The van der Waals surface area contributed by atoms with E-state index < -0.39 is 10.0 Å². The van der Waals surface area contributed by atoms with Gasteiger partial charge in [0.05, 0.1) is 12.2 Å². The largest absolute Gasteiger partial charge is 0.398 e. The van der Waals surface area contributed by atoms with Gasteiger partial charge in [-0.1, -0.05) is 21.9 Å².